The highest BCUT2D eigenvalue weighted by atomic mass is 16.5. The van der Waals surface area contributed by atoms with E-state index in [2.05, 4.69) is 17.1 Å². The van der Waals surface area contributed by atoms with E-state index in [1.165, 1.54) is 6.08 Å². The van der Waals surface area contributed by atoms with E-state index in [1.807, 2.05) is 32.0 Å². The van der Waals surface area contributed by atoms with E-state index in [9.17, 15) is 9.59 Å². The Labute approximate surface area is 152 Å². The van der Waals surface area contributed by atoms with E-state index in [0.29, 0.717) is 24.4 Å². The van der Waals surface area contributed by atoms with Crippen LogP contribution in [0.25, 0.3) is 0 Å². The van der Waals surface area contributed by atoms with Gasteiger partial charge in [0.2, 0.25) is 5.91 Å². The zero-order chi connectivity index (χ0) is 18.7. The molecule has 6 nitrogen and oxygen atoms in total. The molecule has 0 atom stereocenters. The quantitative estimate of drug-likeness (QED) is 0.839. The van der Waals surface area contributed by atoms with Crippen LogP contribution in [0.2, 0.25) is 0 Å². The van der Waals surface area contributed by atoms with Crippen LogP contribution in [-0.4, -0.2) is 28.4 Å². The Bertz CT molecular complexity index is 839. The molecule has 1 aromatic carbocycles. The lowest BCUT2D eigenvalue weighted by molar-refractivity contribution is -0.126. The number of carbonyl (C=O) groups excluding carboxylic acids is 2. The van der Waals surface area contributed by atoms with Crippen LogP contribution in [0.1, 0.15) is 52.7 Å². The SMILES string of the molecule is C=CC(=O)N1CCc2cccc(C(=O)NCc3cc(C(C)C)no3)c2C1. The van der Waals surface area contributed by atoms with Crippen molar-refractivity contribution in [1.82, 2.24) is 15.4 Å². The third kappa shape index (κ3) is 3.69. The second-order valence-electron chi connectivity index (χ2n) is 6.71. The summed E-state index contributed by atoms with van der Waals surface area (Å²) in [5.41, 5.74) is 3.46. The molecule has 3 rings (SSSR count). The zero-order valence-electron chi connectivity index (χ0n) is 15.1. The summed E-state index contributed by atoms with van der Waals surface area (Å²) in [5, 5.41) is 6.87. The first-order valence-electron chi connectivity index (χ1n) is 8.75. The molecule has 1 aliphatic heterocycles. The van der Waals surface area contributed by atoms with Crippen LogP contribution in [0, 0.1) is 0 Å². The van der Waals surface area contributed by atoms with Gasteiger partial charge in [0.25, 0.3) is 5.91 Å². The number of carbonyl (C=O) groups is 2. The molecule has 26 heavy (non-hydrogen) atoms. The summed E-state index contributed by atoms with van der Waals surface area (Å²) in [5.74, 6) is 0.596. The van der Waals surface area contributed by atoms with E-state index in [1.54, 1.807) is 11.0 Å². The first-order chi connectivity index (χ1) is 12.5. The fraction of sp³-hybridized carbons (Fsp3) is 0.350. The van der Waals surface area contributed by atoms with Crippen molar-refractivity contribution >= 4 is 11.8 Å². The van der Waals surface area contributed by atoms with Crippen molar-refractivity contribution in [3.05, 3.63) is 65.1 Å². The minimum absolute atomic E-state index is 0.117. The first-order valence-corrected chi connectivity index (χ1v) is 8.75. The molecule has 0 fully saturated rings. The Balaban J connectivity index is 1.73. The van der Waals surface area contributed by atoms with Crippen LogP contribution in [0.15, 0.2) is 41.4 Å². The average Bonchev–Trinajstić information content (AvgIpc) is 3.14. The van der Waals surface area contributed by atoms with Crippen molar-refractivity contribution in [2.24, 2.45) is 0 Å². The Morgan fingerprint density at radius 1 is 1.42 bits per heavy atom. The molecule has 0 aliphatic carbocycles. The van der Waals surface area contributed by atoms with Crippen LogP contribution < -0.4 is 5.32 Å². The van der Waals surface area contributed by atoms with E-state index in [4.69, 9.17) is 4.52 Å². The average molecular weight is 353 g/mol. The third-order valence-corrected chi connectivity index (χ3v) is 4.60. The Morgan fingerprint density at radius 3 is 2.92 bits per heavy atom. The van der Waals surface area contributed by atoms with Crippen molar-refractivity contribution in [2.75, 3.05) is 6.54 Å². The largest absolute Gasteiger partial charge is 0.359 e. The Morgan fingerprint density at radius 2 is 2.23 bits per heavy atom. The van der Waals surface area contributed by atoms with Gasteiger partial charge in [0.1, 0.15) is 0 Å². The number of hydrogen-bond acceptors (Lipinski definition) is 4. The molecule has 0 bridgehead atoms. The number of fused-ring (bicyclic) bond motifs is 1. The predicted octanol–water partition coefficient (Wildman–Crippen LogP) is 2.80. The van der Waals surface area contributed by atoms with Crippen molar-refractivity contribution < 1.29 is 14.1 Å². The number of benzene rings is 1. The molecular formula is C20H23N3O3. The van der Waals surface area contributed by atoms with Crippen LogP contribution in [0.4, 0.5) is 0 Å². The summed E-state index contributed by atoms with van der Waals surface area (Å²) < 4.78 is 5.26. The number of nitrogens with one attached hydrogen (secondary N) is 1. The fourth-order valence-electron chi connectivity index (χ4n) is 3.06. The van der Waals surface area contributed by atoms with Crippen molar-refractivity contribution in [3.63, 3.8) is 0 Å². The Kier molecular flexibility index (Phi) is 5.21. The van der Waals surface area contributed by atoms with E-state index in [-0.39, 0.29) is 24.3 Å². The molecule has 0 saturated carbocycles. The second-order valence-corrected chi connectivity index (χ2v) is 6.71. The monoisotopic (exact) mass is 353 g/mol. The molecule has 2 amide bonds. The first kappa shape index (κ1) is 17.9. The van der Waals surface area contributed by atoms with Gasteiger partial charge in [-0.2, -0.15) is 0 Å². The van der Waals surface area contributed by atoms with Crippen molar-refractivity contribution in [3.8, 4) is 0 Å². The molecule has 2 aromatic rings. The summed E-state index contributed by atoms with van der Waals surface area (Å²) >= 11 is 0. The number of nitrogens with zero attached hydrogens (tertiary/aromatic N) is 2. The van der Waals surface area contributed by atoms with Gasteiger partial charge in [0.05, 0.1) is 12.2 Å². The molecule has 136 valence electrons. The molecule has 1 aromatic heterocycles. The summed E-state index contributed by atoms with van der Waals surface area (Å²) in [6.45, 7) is 8.94. The van der Waals surface area contributed by atoms with E-state index in [0.717, 1.165) is 23.2 Å². The number of amides is 2. The lowest BCUT2D eigenvalue weighted by atomic mass is 9.94. The summed E-state index contributed by atoms with van der Waals surface area (Å²) in [7, 11) is 0. The number of hydrogen-bond donors (Lipinski definition) is 1. The molecule has 0 spiro atoms. The highest BCUT2D eigenvalue weighted by Crippen LogP contribution is 2.23. The molecule has 1 N–H and O–H groups in total. The predicted molar refractivity (Wildman–Crippen MR) is 97.5 cm³/mol. The Hall–Kier alpha value is -2.89. The highest BCUT2D eigenvalue weighted by molar-refractivity contribution is 5.96. The van der Waals surface area contributed by atoms with Crippen molar-refractivity contribution in [1.29, 1.82) is 0 Å². The van der Waals surface area contributed by atoms with Crippen LogP contribution >= 0.6 is 0 Å². The zero-order valence-corrected chi connectivity index (χ0v) is 15.1. The maximum absolute atomic E-state index is 12.7. The number of rotatable bonds is 5. The maximum atomic E-state index is 12.7. The summed E-state index contributed by atoms with van der Waals surface area (Å²) in [6, 6.07) is 7.53. The smallest absolute Gasteiger partial charge is 0.252 e. The lowest BCUT2D eigenvalue weighted by Crippen LogP contribution is -2.36. The van der Waals surface area contributed by atoms with Crippen molar-refractivity contribution in [2.45, 2.75) is 39.3 Å². The minimum Gasteiger partial charge on any atom is -0.359 e. The molecule has 1 aliphatic rings. The van der Waals surface area contributed by atoms with Gasteiger partial charge in [0.15, 0.2) is 5.76 Å². The van der Waals surface area contributed by atoms with Gasteiger partial charge in [-0.1, -0.05) is 37.7 Å². The topological polar surface area (TPSA) is 75.4 Å². The van der Waals surface area contributed by atoms with Gasteiger partial charge in [0, 0.05) is 24.7 Å². The van der Waals surface area contributed by atoms with Gasteiger partial charge in [-0.05, 0) is 35.6 Å². The summed E-state index contributed by atoms with van der Waals surface area (Å²) in [4.78, 5) is 26.3. The van der Waals surface area contributed by atoms with Gasteiger partial charge in [-0.25, -0.2) is 0 Å². The van der Waals surface area contributed by atoms with Gasteiger partial charge >= 0.3 is 0 Å². The van der Waals surface area contributed by atoms with Gasteiger partial charge < -0.3 is 14.7 Å². The highest BCUT2D eigenvalue weighted by Gasteiger charge is 2.23. The molecule has 2 heterocycles. The normalized spacial score (nSPS) is 13.4. The molecule has 0 saturated heterocycles. The molecular weight excluding hydrogens is 330 g/mol. The third-order valence-electron chi connectivity index (χ3n) is 4.60. The van der Waals surface area contributed by atoms with Crippen LogP contribution in [0.5, 0.6) is 0 Å². The lowest BCUT2D eigenvalue weighted by Gasteiger charge is -2.29. The van der Waals surface area contributed by atoms with E-state index < -0.39 is 0 Å². The minimum atomic E-state index is -0.183. The number of aromatic nitrogens is 1. The van der Waals surface area contributed by atoms with E-state index >= 15 is 0 Å². The molecule has 0 radical (unpaired) electrons. The molecule has 0 unspecified atom stereocenters. The van der Waals surface area contributed by atoms with Crippen LogP contribution in [0.3, 0.4) is 0 Å². The molecule has 6 heteroatoms. The second kappa shape index (κ2) is 7.56. The fourth-order valence-corrected chi connectivity index (χ4v) is 3.06. The van der Waals surface area contributed by atoms with Gasteiger partial charge in [-0.3, -0.25) is 9.59 Å². The summed E-state index contributed by atoms with van der Waals surface area (Å²) in [6.07, 6.45) is 2.04. The maximum Gasteiger partial charge on any atom is 0.252 e. The van der Waals surface area contributed by atoms with Gasteiger partial charge in [-0.15, -0.1) is 0 Å². The van der Waals surface area contributed by atoms with Crippen LogP contribution in [-0.2, 0) is 24.3 Å². The standard InChI is InChI=1S/C20H23N3O3/c1-4-19(24)23-9-8-14-6-5-7-16(17(14)12-23)20(25)21-11-15-10-18(13(2)3)22-26-15/h4-7,10,13H,1,8-9,11-12H2,2-3H3,(H,21,25).